The van der Waals surface area contributed by atoms with E-state index in [1.165, 1.54) is 0 Å². The van der Waals surface area contributed by atoms with E-state index in [4.69, 9.17) is 4.74 Å². The van der Waals surface area contributed by atoms with E-state index in [1.807, 2.05) is 0 Å². The summed E-state index contributed by atoms with van der Waals surface area (Å²) in [5, 5.41) is 9.25. The summed E-state index contributed by atoms with van der Waals surface area (Å²) in [4.78, 5) is 25.1. The molecule has 0 aromatic carbocycles. The molecule has 2 rings (SSSR count). The predicted molar refractivity (Wildman–Crippen MR) is 69.6 cm³/mol. The Labute approximate surface area is 113 Å². The highest BCUT2D eigenvalue weighted by Gasteiger charge is 2.46. The van der Waals surface area contributed by atoms with Crippen LogP contribution in [0.1, 0.15) is 32.1 Å². The van der Waals surface area contributed by atoms with Crippen LogP contribution in [-0.2, 0) is 14.3 Å². The molecule has 2 aliphatic rings. The lowest BCUT2D eigenvalue weighted by molar-refractivity contribution is -0.142. The van der Waals surface area contributed by atoms with Gasteiger partial charge in [0.15, 0.2) is 0 Å². The Bertz CT molecular complexity index is 340. The normalized spacial score (nSPS) is 26.7. The Morgan fingerprint density at radius 1 is 1.26 bits per heavy atom. The zero-order valence-corrected chi connectivity index (χ0v) is 11.5. The van der Waals surface area contributed by atoms with Crippen molar-refractivity contribution in [1.82, 2.24) is 4.90 Å². The van der Waals surface area contributed by atoms with Crippen LogP contribution in [0.15, 0.2) is 0 Å². The van der Waals surface area contributed by atoms with Crippen molar-refractivity contribution in [3.05, 3.63) is 0 Å². The monoisotopic (exact) mass is 269 g/mol. The number of amides is 1. The summed E-state index contributed by atoms with van der Waals surface area (Å²) >= 11 is 0. The summed E-state index contributed by atoms with van der Waals surface area (Å²) in [5.74, 6) is -0.277. The molecule has 108 valence electrons. The van der Waals surface area contributed by atoms with E-state index in [1.54, 1.807) is 12.0 Å². The summed E-state index contributed by atoms with van der Waals surface area (Å²) in [6, 6.07) is 0. The fourth-order valence-corrected chi connectivity index (χ4v) is 2.98. The molecule has 1 N–H and O–H groups in total. The second-order valence-corrected chi connectivity index (χ2v) is 5.69. The molecule has 2 atom stereocenters. The number of carboxylic acids is 1. The molecule has 1 amide bonds. The number of carbonyl (C=O) groups is 2. The zero-order chi connectivity index (χ0) is 13.8. The van der Waals surface area contributed by atoms with Crippen LogP contribution in [-0.4, -0.2) is 48.7 Å². The third kappa shape index (κ3) is 3.69. The van der Waals surface area contributed by atoms with Crippen molar-refractivity contribution < 1.29 is 19.4 Å². The van der Waals surface area contributed by atoms with Gasteiger partial charge < -0.3 is 14.7 Å². The lowest BCUT2D eigenvalue weighted by atomic mass is 9.92. The van der Waals surface area contributed by atoms with Crippen molar-refractivity contribution in [1.29, 1.82) is 0 Å². The minimum absolute atomic E-state index is 0.102. The minimum atomic E-state index is -0.744. The number of rotatable bonds is 7. The van der Waals surface area contributed by atoms with Crippen LogP contribution in [0.3, 0.4) is 0 Å². The maximum atomic E-state index is 12.1. The number of carbonyl (C=O) groups excluding carboxylic acids is 1. The highest BCUT2D eigenvalue weighted by atomic mass is 16.5. The Hall–Kier alpha value is -1.10. The van der Waals surface area contributed by atoms with Crippen LogP contribution in [0, 0.1) is 17.8 Å². The first-order chi connectivity index (χ1) is 9.13. The van der Waals surface area contributed by atoms with Crippen LogP contribution in [0.25, 0.3) is 0 Å². The van der Waals surface area contributed by atoms with Gasteiger partial charge in [-0.05, 0) is 37.5 Å². The second kappa shape index (κ2) is 6.37. The van der Waals surface area contributed by atoms with Crippen LogP contribution in [0.5, 0.6) is 0 Å². The summed E-state index contributed by atoms with van der Waals surface area (Å²) in [7, 11) is 1.65. The maximum absolute atomic E-state index is 12.1. The van der Waals surface area contributed by atoms with E-state index < -0.39 is 5.97 Å². The number of hydrogen-bond donors (Lipinski definition) is 1. The van der Waals surface area contributed by atoms with E-state index in [0.717, 1.165) is 25.7 Å². The van der Waals surface area contributed by atoms with Gasteiger partial charge in [0.2, 0.25) is 5.91 Å². The van der Waals surface area contributed by atoms with Gasteiger partial charge in [0.05, 0.1) is 5.92 Å². The number of unbranched alkanes of at least 4 members (excludes halogenated alkanes) is 1. The number of aliphatic carboxylic acids is 1. The largest absolute Gasteiger partial charge is 0.481 e. The first-order valence-corrected chi connectivity index (χ1v) is 7.13. The number of carboxylic acid groups (broad SMARTS) is 1. The average molecular weight is 269 g/mol. The summed E-state index contributed by atoms with van der Waals surface area (Å²) in [6.45, 7) is 1.72. The Balaban J connectivity index is 1.81. The lowest BCUT2D eigenvalue weighted by Gasteiger charge is -2.16. The SMILES string of the molecule is COCCCCC(=O)N1C[C@H](C(=O)O)[C@@H](C2CC2)C1. The molecule has 1 saturated heterocycles. The number of likely N-dealkylation sites (tertiary alicyclic amines) is 1. The molecule has 1 saturated carbocycles. The van der Waals surface area contributed by atoms with E-state index in [2.05, 4.69) is 0 Å². The molecule has 0 aromatic rings. The van der Waals surface area contributed by atoms with Gasteiger partial charge in [0, 0.05) is 33.2 Å². The molecule has 19 heavy (non-hydrogen) atoms. The fourth-order valence-electron chi connectivity index (χ4n) is 2.98. The summed E-state index contributed by atoms with van der Waals surface area (Å²) < 4.78 is 4.95. The van der Waals surface area contributed by atoms with Crippen LogP contribution >= 0.6 is 0 Å². The molecule has 1 aliphatic carbocycles. The van der Waals surface area contributed by atoms with E-state index >= 15 is 0 Å². The van der Waals surface area contributed by atoms with Crippen molar-refractivity contribution in [2.75, 3.05) is 26.8 Å². The Morgan fingerprint density at radius 2 is 2.00 bits per heavy atom. The van der Waals surface area contributed by atoms with Gasteiger partial charge in [-0.3, -0.25) is 9.59 Å². The Kier molecular flexibility index (Phi) is 4.80. The van der Waals surface area contributed by atoms with Crippen molar-refractivity contribution >= 4 is 11.9 Å². The van der Waals surface area contributed by atoms with Crippen LogP contribution < -0.4 is 0 Å². The third-order valence-corrected chi connectivity index (χ3v) is 4.25. The Morgan fingerprint density at radius 3 is 2.58 bits per heavy atom. The van der Waals surface area contributed by atoms with Crippen molar-refractivity contribution in [2.24, 2.45) is 17.8 Å². The molecule has 0 radical (unpaired) electrons. The van der Waals surface area contributed by atoms with Crippen LogP contribution in [0.2, 0.25) is 0 Å². The average Bonchev–Trinajstić information content (AvgIpc) is 3.12. The maximum Gasteiger partial charge on any atom is 0.308 e. The molecule has 1 heterocycles. The van der Waals surface area contributed by atoms with Crippen molar-refractivity contribution in [3.8, 4) is 0 Å². The number of hydrogen-bond acceptors (Lipinski definition) is 3. The van der Waals surface area contributed by atoms with Crippen molar-refractivity contribution in [2.45, 2.75) is 32.1 Å². The van der Waals surface area contributed by atoms with Gasteiger partial charge in [-0.15, -0.1) is 0 Å². The molecule has 5 heteroatoms. The molecule has 0 aromatic heterocycles. The highest BCUT2D eigenvalue weighted by Crippen LogP contribution is 2.44. The molecule has 1 aliphatic heterocycles. The molecular weight excluding hydrogens is 246 g/mol. The number of methoxy groups -OCH3 is 1. The van der Waals surface area contributed by atoms with Gasteiger partial charge in [-0.2, -0.15) is 0 Å². The third-order valence-electron chi connectivity index (χ3n) is 4.25. The molecular formula is C14H23NO4. The quantitative estimate of drug-likeness (QED) is 0.709. The summed E-state index contributed by atoms with van der Waals surface area (Å²) in [6.07, 6.45) is 4.46. The first-order valence-electron chi connectivity index (χ1n) is 7.13. The van der Waals surface area contributed by atoms with Crippen molar-refractivity contribution in [3.63, 3.8) is 0 Å². The summed E-state index contributed by atoms with van der Waals surface area (Å²) in [5.41, 5.74) is 0. The zero-order valence-electron chi connectivity index (χ0n) is 11.5. The van der Waals surface area contributed by atoms with Gasteiger partial charge in [-0.1, -0.05) is 0 Å². The molecule has 0 spiro atoms. The van der Waals surface area contributed by atoms with Crippen LogP contribution in [0.4, 0.5) is 0 Å². The first kappa shape index (κ1) is 14.3. The second-order valence-electron chi connectivity index (χ2n) is 5.69. The van der Waals surface area contributed by atoms with E-state index in [-0.39, 0.29) is 17.7 Å². The molecule has 5 nitrogen and oxygen atoms in total. The van der Waals surface area contributed by atoms with E-state index in [9.17, 15) is 14.7 Å². The lowest BCUT2D eigenvalue weighted by Crippen LogP contribution is -2.29. The highest BCUT2D eigenvalue weighted by molar-refractivity contribution is 5.79. The van der Waals surface area contributed by atoms with Gasteiger partial charge in [-0.25, -0.2) is 0 Å². The smallest absolute Gasteiger partial charge is 0.308 e. The minimum Gasteiger partial charge on any atom is -0.481 e. The molecule has 2 fully saturated rings. The topological polar surface area (TPSA) is 66.8 Å². The number of ether oxygens (including phenoxy) is 1. The van der Waals surface area contributed by atoms with Gasteiger partial charge in [0.1, 0.15) is 0 Å². The number of nitrogens with zero attached hydrogens (tertiary/aromatic N) is 1. The van der Waals surface area contributed by atoms with E-state index in [0.29, 0.717) is 32.0 Å². The van der Waals surface area contributed by atoms with Gasteiger partial charge in [0.25, 0.3) is 0 Å². The standard InChI is InChI=1S/C14H23NO4/c1-19-7-3-2-4-13(16)15-8-11(10-5-6-10)12(9-15)14(17)18/h10-12H,2-9H2,1H3,(H,17,18)/t11-,12+/m1/s1. The van der Waals surface area contributed by atoms with Gasteiger partial charge >= 0.3 is 5.97 Å². The fraction of sp³-hybridized carbons (Fsp3) is 0.857. The predicted octanol–water partition coefficient (Wildman–Crippen LogP) is 1.37. The molecule has 0 unspecified atom stereocenters. The molecule has 0 bridgehead atoms.